The molecule has 2 aromatic rings. The maximum Gasteiger partial charge on any atom is 0.410 e. The first kappa shape index (κ1) is 14.4. The van der Waals surface area contributed by atoms with E-state index in [9.17, 15) is 4.79 Å². The van der Waals surface area contributed by atoms with E-state index in [-0.39, 0.29) is 12.1 Å². The molecule has 0 saturated heterocycles. The normalized spacial score (nSPS) is 16.7. The summed E-state index contributed by atoms with van der Waals surface area (Å²) in [5.74, 6) is 0. The summed E-state index contributed by atoms with van der Waals surface area (Å²) in [6.45, 7) is 0.930. The molecule has 1 amide bonds. The highest BCUT2D eigenvalue weighted by Crippen LogP contribution is 2.17. The van der Waals surface area contributed by atoms with Gasteiger partial charge in [0.25, 0.3) is 0 Å². The molecule has 1 heterocycles. The molecule has 1 atom stereocenters. The molecule has 3 rings (SSSR count). The molecule has 3 nitrogen and oxygen atoms in total. The van der Waals surface area contributed by atoms with E-state index in [1.165, 1.54) is 5.56 Å². The van der Waals surface area contributed by atoms with Gasteiger partial charge < -0.3 is 4.74 Å². The SMILES string of the molecule is O=C(OCc1ccccc1)N1CC=CC1Cc1ccccc1. The summed E-state index contributed by atoms with van der Waals surface area (Å²) in [5.41, 5.74) is 2.22. The van der Waals surface area contributed by atoms with Crippen LogP contribution in [0.25, 0.3) is 0 Å². The van der Waals surface area contributed by atoms with Crippen LogP contribution < -0.4 is 0 Å². The smallest absolute Gasteiger partial charge is 0.410 e. The second-order valence-electron chi connectivity index (χ2n) is 5.38. The molecule has 3 heteroatoms. The summed E-state index contributed by atoms with van der Waals surface area (Å²) in [7, 11) is 0. The lowest BCUT2D eigenvalue weighted by atomic mass is 10.1. The summed E-state index contributed by atoms with van der Waals surface area (Å²) < 4.78 is 5.43. The van der Waals surface area contributed by atoms with E-state index < -0.39 is 0 Å². The number of nitrogens with zero attached hydrogens (tertiary/aromatic N) is 1. The highest BCUT2D eigenvalue weighted by molar-refractivity contribution is 5.69. The lowest BCUT2D eigenvalue weighted by Gasteiger charge is -2.24. The van der Waals surface area contributed by atoms with Crippen molar-refractivity contribution in [3.05, 3.63) is 83.9 Å². The number of rotatable bonds is 4. The van der Waals surface area contributed by atoms with Crippen LogP contribution in [0.4, 0.5) is 4.79 Å². The third-order valence-electron chi connectivity index (χ3n) is 3.79. The third kappa shape index (κ3) is 3.55. The quantitative estimate of drug-likeness (QED) is 0.802. The van der Waals surface area contributed by atoms with Gasteiger partial charge in [0, 0.05) is 6.54 Å². The molecule has 112 valence electrons. The zero-order chi connectivity index (χ0) is 15.2. The Morgan fingerprint density at radius 1 is 1.00 bits per heavy atom. The van der Waals surface area contributed by atoms with Crippen LogP contribution in [-0.4, -0.2) is 23.6 Å². The van der Waals surface area contributed by atoms with Crippen molar-refractivity contribution in [2.45, 2.75) is 19.1 Å². The minimum Gasteiger partial charge on any atom is -0.445 e. The van der Waals surface area contributed by atoms with Crippen molar-refractivity contribution in [1.29, 1.82) is 0 Å². The number of carbonyl (C=O) groups excluding carboxylic acids is 1. The first-order valence-corrected chi connectivity index (χ1v) is 7.51. The number of ether oxygens (including phenoxy) is 1. The van der Waals surface area contributed by atoms with Gasteiger partial charge in [-0.05, 0) is 17.5 Å². The highest BCUT2D eigenvalue weighted by atomic mass is 16.6. The van der Waals surface area contributed by atoms with Gasteiger partial charge in [0.2, 0.25) is 0 Å². The number of benzene rings is 2. The Bertz CT molecular complexity index is 637. The van der Waals surface area contributed by atoms with Crippen molar-refractivity contribution >= 4 is 6.09 Å². The van der Waals surface area contributed by atoms with Crippen molar-refractivity contribution in [2.24, 2.45) is 0 Å². The van der Waals surface area contributed by atoms with Gasteiger partial charge in [-0.1, -0.05) is 72.8 Å². The molecular formula is C19H19NO2. The molecule has 1 aliphatic rings. The standard InChI is InChI=1S/C19H19NO2/c21-19(22-15-17-10-5-2-6-11-17)20-13-7-12-18(20)14-16-8-3-1-4-9-16/h1-12,18H,13-15H2. The molecule has 1 unspecified atom stereocenters. The minimum absolute atomic E-state index is 0.0747. The van der Waals surface area contributed by atoms with Crippen LogP contribution in [-0.2, 0) is 17.8 Å². The molecule has 0 spiro atoms. The molecule has 1 aliphatic heterocycles. The molecule has 0 fully saturated rings. The van der Waals surface area contributed by atoms with Gasteiger partial charge in [-0.25, -0.2) is 4.79 Å². The monoisotopic (exact) mass is 293 g/mol. The molecule has 22 heavy (non-hydrogen) atoms. The first-order valence-electron chi connectivity index (χ1n) is 7.51. The lowest BCUT2D eigenvalue weighted by Crippen LogP contribution is -2.37. The number of carbonyl (C=O) groups is 1. The van der Waals surface area contributed by atoms with Gasteiger partial charge in [0.1, 0.15) is 6.61 Å². The van der Waals surface area contributed by atoms with Crippen LogP contribution in [0.2, 0.25) is 0 Å². The van der Waals surface area contributed by atoms with Gasteiger partial charge in [-0.15, -0.1) is 0 Å². The maximum absolute atomic E-state index is 12.3. The molecule has 0 N–H and O–H groups in total. The Morgan fingerprint density at radius 2 is 1.64 bits per heavy atom. The van der Waals surface area contributed by atoms with Gasteiger partial charge in [0.05, 0.1) is 6.04 Å². The van der Waals surface area contributed by atoms with E-state index in [1.54, 1.807) is 4.90 Å². The Kier molecular flexibility index (Phi) is 4.54. The molecular weight excluding hydrogens is 274 g/mol. The highest BCUT2D eigenvalue weighted by Gasteiger charge is 2.26. The van der Waals surface area contributed by atoms with Crippen molar-refractivity contribution in [3.8, 4) is 0 Å². The summed E-state index contributed by atoms with van der Waals surface area (Å²) in [5, 5.41) is 0. The minimum atomic E-state index is -0.255. The first-order chi connectivity index (χ1) is 10.8. The Balaban J connectivity index is 1.57. The third-order valence-corrected chi connectivity index (χ3v) is 3.79. The summed E-state index contributed by atoms with van der Waals surface area (Å²) in [6.07, 6.45) is 4.67. The van der Waals surface area contributed by atoms with Gasteiger partial charge in [-0.3, -0.25) is 4.90 Å². The number of hydrogen-bond acceptors (Lipinski definition) is 2. The molecule has 0 aromatic heterocycles. The Morgan fingerprint density at radius 3 is 2.32 bits per heavy atom. The fraction of sp³-hybridized carbons (Fsp3) is 0.211. The average Bonchev–Trinajstić information content (AvgIpc) is 3.03. The lowest BCUT2D eigenvalue weighted by molar-refractivity contribution is 0.0950. The second kappa shape index (κ2) is 6.94. The Hall–Kier alpha value is -2.55. The van der Waals surface area contributed by atoms with Crippen molar-refractivity contribution in [2.75, 3.05) is 6.54 Å². The van der Waals surface area contributed by atoms with E-state index in [1.807, 2.05) is 54.6 Å². The van der Waals surface area contributed by atoms with E-state index >= 15 is 0 Å². The zero-order valence-electron chi connectivity index (χ0n) is 12.4. The summed E-state index contributed by atoms with van der Waals surface area (Å²) in [4.78, 5) is 14.1. The Labute approximate surface area is 130 Å². The van der Waals surface area contributed by atoms with Gasteiger partial charge in [0.15, 0.2) is 0 Å². The summed E-state index contributed by atoms with van der Waals surface area (Å²) >= 11 is 0. The molecule has 0 bridgehead atoms. The van der Waals surface area contributed by atoms with Crippen LogP contribution in [0.1, 0.15) is 11.1 Å². The summed E-state index contributed by atoms with van der Waals surface area (Å²) in [6, 6.07) is 20.0. The van der Waals surface area contributed by atoms with Crippen molar-refractivity contribution in [3.63, 3.8) is 0 Å². The predicted octanol–water partition coefficient (Wildman–Crippen LogP) is 3.81. The second-order valence-corrected chi connectivity index (χ2v) is 5.38. The van der Waals surface area contributed by atoms with Crippen LogP contribution in [0.5, 0.6) is 0 Å². The fourth-order valence-corrected chi connectivity index (χ4v) is 2.62. The molecule has 0 aliphatic carbocycles. The molecule has 0 radical (unpaired) electrons. The zero-order valence-corrected chi connectivity index (χ0v) is 12.4. The fourth-order valence-electron chi connectivity index (χ4n) is 2.62. The van der Waals surface area contributed by atoms with Gasteiger partial charge >= 0.3 is 6.09 Å². The van der Waals surface area contributed by atoms with E-state index in [0.29, 0.717) is 13.2 Å². The molecule has 2 aromatic carbocycles. The maximum atomic E-state index is 12.3. The van der Waals surface area contributed by atoms with Crippen LogP contribution in [0, 0.1) is 0 Å². The number of hydrogen-bond donors (Lipinski definition) is 0. The topological polar surface area (TPSA) is 29.5 Å². The largest absolute Gasteiger partial charge is 0.445 e. The predicted molar refractivity (Wildman–Crippen MR) is 86.4 cm³/mol. The van der Waals surface area contributed by atoms with E-state index in [0.717, 1.165) is 12.0 Å². The number of amides is 1. The van der Waals surface area contributed by atoms with Crippen LogP contribution in [0.15, 0.2) is 72.8 Å². The molecule has 0 saturated carbocycles. The average molecular weight is 293 g/mol. The van der Waals surface area contributed by atoms with Crippen LogP contribution >= 0.6 is 0 Å². The van der Waals surface area contributed by atoms with Crippen LogP contribution in [0.3, 0.4) is 0 Å². The van der Waals surface area contributed by atoms with Gasteiger partial charge in [-0.2, -0.15) is 0 Å². The van der Waals surface area contributed by atoms with E-state index in [2.05, 4.69) is 18.2 Å². The van der Waals surface area contributed by atoms with E-state index in [4.69, 9.17) is 4.74 Å². The van der Waals surface area contributed by atoms with Crippen molar-refractivity contribution < 1.29 is 9.53 Å². The van der Waals surface area contributed by atoms with Crippen molar-refractivity contribution in [1.82, 2.24) is 4.90 Å².